The van der Waals surface area contributed by atoms with Crippen LogP contribution in [-0.2, 0) is 11.5 Å². The fourth-order valence-corrected chi connectivity index (χ4v) is 3.03. The van der Waals surface area contributed by atoms with E-state index < -0.39 is 0 Å². The molecule has 22 heavy (non-hydrogen) atoms. The highest BCUT2D eigenvalue weighted by Crippen LogP contribution is 2.21. The second-order valence-corrected chi connectivity index (χ2v) is 6.45. The molecule has 6 nitrogen and oxygen atoms in total. The monoisotopic (exact) mass is 334 g/mol. The van der Waals surface area contributed by atoms with E-state index in [0.717, 1.165) is 5.56 Å². The molecule has 0 atom stereocenters. The summed E-state index contributed by atoms with van der Waals surface area (Å²) < 4.78 is 7.04. The molecule has 0 saturated carbocycles. The summed E-state index contributed by atoms with van der Waals surface area (Å²) in [6.45, 7) is 1.94. The Hall–Kier alpha value is -1.80. The van der Waals surface area contributed by atoms with Gasteiger partial charge in [-0.05, 0) is 24.8 Å². The summed E-state index contributed by atoms with van der Waals surface area (Å²) in [4.78, 5) is 16.7. The Bertz CT molecular complexity index is 859. The molecule has 0 aliphatic heterocycles. The van der Waals surface area contributed by atoms with Crippen LogP contribution in [0.4, 0.5) is 0 Å². The Morgan fingerprint density at radius 2 is 2.18 bits per heavy atom. The molecule has 3 rings (SSSR count). The maximum absolute atomic E-state index is 12.1. The molecule has 3 heterocycles. The molecule has 0 aliphatic carbocycles. The molecule has 0 N–H and O–H groups in total. The summed E-state index contributed by atoms with van der Waals surface area (Å²) in [7, 11) is 0. The van der Waals surface area contributed by atoms with E-state index in [1.54, 1.807) is 28.4 Å². The van der Waals surface area contributed by atoms with E-state index in [1.807, 2.05) is 25.3 Å². The fourth-order valence-electron chi connectivity index (χ4n) is 2.00. The highest BCUT2D eigenvalue weighted by atomic mass is 32.2. The molecular weight excluding hydrogens is 320 g/mol. The maximum Gasteiger partial charge on any atom is 0.276 e. The van der Waals surface area contributed by atoms with Crippen LogP contribution < -0.4 is 5.56 Å². The standard InChI is InChI=1S/C14H14N4O2S2/c1-9-4-3-5-18-12(19)6-10(15-13(9)18)7-22-14-17-16-11(20-14)8-21-2/h3-6H,7-8H2,1-2H3. The molecule has 8 heteroatoms. The van der Waals surface area contributed by atoms with Crippen molar-refractivity contribution >= 4 is 29.2 Å². The van der Waals surface area contributed by atoms with Crippen LogP contribution in [0, 0.1) is 6.92 Å². The van der Waals surface area contributed by atoms with Crippen molar-refractivity contribution < 1.29 is 4.42 Å². The molecule has 3 aromatic rings. The number of rotatable bonds is 5. The zero-order chi connectivity index (χ0) is 15.5. The van der Waals surface area contributed by atoms with Crippen LogP contribution in [0.25, 0.3) is 5.65 Å². The lowest BCUT2D eigenvalue weighted by molar-refractivity contribution is 0.426. The van der Waals surface area contributed by atoms with Crippen molar-refractivity contribution in [3.8, 4) is 0 Å². The van der Waals surface area contributed by atoms with Crippen LogP contribution in [0.2, 0.25) is 0 Å². The van der Waals surface area contributed by atoms with Crippen LogP contribution in [0.3, 0.4) is 0 Å². The van der Waals surface area contributed by atoms with Crippen LogP contribution in [0.15, 0.2) is 38.8 Å². The fraction of sp³-hybridized carbons (Fsp3) is 0.286. The van der Waals surface area contributed by atoms with E-state index in [2.05, 4.69) is 15.2 Å². The Morgan fingerprint density at radius 1 is 1.32 bits per heavy atom. The lowest BCUT2D eigenvalue weighted by Gasteiger charge is -2.05. The lowest BCUT2D eigenvalue weighted by Crippen LogP contribution is -2.15. The average molecular weight is 334 g/mol. The molecule has 0 fully saturated rings. The largest absolute Gasteiger partial charge is 0.415 e. The summed E-state index contributed by atoms with van der Waals surface area (Å²) in [6.07, 6.45) is 3.70. The number of pyridine rings is 1. The third-order valence-corrected chi connectivity index (χ3v) is 4.39. The van der Waals surface area contributed by atoms with Crippen molar-refractivity contribution in [2.75, 3.05) is 6.26 Å². The van der Waals surface area contributed by atoms with Crippen LogP contribution in [0.5, 0.6) is 0 Å². The minimum Gasteiger partial charge on any atom is -0.415 e. The first kappa shape index (κ1) is 15.1. The van der Waals surface area contributed by atoms with E-state index in [1.165, 1.54) is 11.8 Å². The normalized spacial score (nSPS) is 11.2. The molecule has 0 unspecified atom stereocenters. The summed E-state index contributed by atoms with van der Waals surface area (Å²) in [5.41, 5.74) is 2.26. The van der Waals surface area contributed by atoms with Gasteiger partial charge >= 0.3 is 0 Å². The first-order chi connectivity index (χ1) is 10.7. The lowest BCUT2D eigenvalue weighted by atomic mass is 10.3. The minimum atomic E-state index is -0.0853. The predicted octanol–water partition coefficient (Wildman–Crippen LogP) is 2.54. The van der Waals surface area contributed by atoms with Crippen LogP contribution >= 0.6 is 23.5 Å². The van der Waals surface area contributed by atoms with Gasteiger partial charge in [-0.25, -0.2) is 4.98 Å². The molecular formula is C14H14N4O2S2. The van der Waals surface area contributed by atoms with E-state index in [4.69, 9.17) is 4.42 Å². The number of thioether (sulfide) groups is 2. The van der Waals surface area contributed by atoms with Gasteiger partial charge in [0.25, 0.3) is 10.8 Å². The minimum absolute atomic E-state index is 0.0853. The van der Waals surface area contributed by atoms with Gasteiger partial charge in [0, 0.05) is 18.0 Å². The Morgan fingerprint density at radius 3 is 3.00 bits per heavy atom. The molecule has 0 aromatic carbocycles. The molecule has 114 valence electrons. The number of aryl methyl sites for hydroxylation is 1. The van der Waals surface area contributed by atoms with Gasteiger partial charge in [0.05, 0.1) is 11.4 Å². The number of fused-ring (bicyclic) bond motifs is 1. The van der Waals surface area contributed by atoms with Gasteiger partial charge in [-0.3, -0.25) is 9.20 Å². The quantitative estimate of drug-likeness (QED) is 0.664. The zero-order valence-electron chi connectivity index (χ0n) is 12.1. The number of aromatic nitrogens is 4. The number of hydrogen-bond acceptors (Lipinski definition) is 7. The molecule has 0 saturated heterocycles. The van der Waals surface area contributed by atoms with Gasteiger partial charge in [0.1, 0.15) is 5.65 Å². The van der Waals surface area contributed by atoms with Crippen LogP contribution in [0.1, 0.15) is 17.1 Å². The van der Waals surface area contributed by atoms with Gasteiger partial charge in [-0.15, -0.1) is 10.2 Å². The number of hydrogen-bond donors (Lipinski definition) is 0. The maximum atomic E-state index is 12.1. The summed E-state index contributed by atoms with van der Waals surface area (Å²) in [5.74, 6) is 1.82. The average Bonchev–Trinajstić information content (AvgIpc) is 2.94. The Balaban J connectivity index is 1.81. The van der Waals surface area contributed by atoms with Crippen LogP contribution in [-0.4, -0.2) is 25.8 Å². The highest BCUT2D eigenvalue weighted by molar-refractivity contribution is 7.98. The second-order valence-electron chi connectivity index (χ2n) is 4.65. The zero-order valence-corrected chi connectivity index (χ0v) is 13.8. The summed E-state index contributed by atoms with van der Waals surface area (Å²) in [5, 5.41) is 8.43. The molecule has 0 amide bonds. The van der Waals surface area contributed by atoms with E-state index in [9.17, 15) is 4.79 Å². The van der Waals surface area contributed by atoms with Gasteiger partial charge < -0.3 is 4.42 Å². The van der Waals surface area contributed by atoms with Crippen molar-refractivity contribution in [3.05, 3.63) is 51.9 Å². The molecule has 0 radical (unpaired) electrons. The van der Waals surface area contributed by atoms with Gasteiger partial charge in [-0.2, -0.15) is 11.8 Å². The SMILES string of the molecule is CSCc1nnc(SCc2cc(=O)n3cccc(C)c3n2)o1. The van der Waals surface area contributed by atoms with Gasteiger partial charge in [0.2, 0.25) is 5.89 Å². The number of nitrogens with zero attached hydrogens (tertiary/aromatic N) is 4. The molecule has 0 spiro atoms. The van der Waals surface area contributed by atoms with E-state index >= 15 is 0 Å². The van der Waals surface area contributed by atoms with Crippen molar-refractivity contribution in [3.63, 3.8) is 0 Å². The van der Waals surface area contributed by atoms with Crippen molar-refractivity contribution in [1.29, 1.82) is 0 Å². The van der Waals surface area contributed by atoms with E-state index in [0.29, 0.717) is 34.0 Å². The third-order valence-electron chi connectivity index (χ3n) is 3.00. The Kier molecular flexibility index (Phi) is 4.49. The summed E-state index contributed by atoms with van der Waals surface area (Å²) >= 11 is 3.01. The summed E-state index contributed by atoms with van der Waals surface area (Å²) in [6, 6.07) is 5.32. The van der Waals surface area contributed by atoms with Crippen molar-refractivity contribution in [2.45, 2.75) is 23.7 Å². The van der Waals surface area contributed by atoms with Gasteiger partial charge in [-0.1, -0.05) is 17.8 Å². The third kappa shape index (κ3) is 3.17. The predicted molar refractivity (Wildman–Crippen MR) is 87.3 cm³/mol. The second kappa shape index (κ2) is 6.53. The highest BCUT2D eigenvalue weighted by Gasteiger charge is 2.09. The first-order valence-corrected chi connectivity index (χ1v) is 8.97. The van der Waals surface area contributed by atoms with E-state index in [-0.39, 0.29) is 5.56 Å². The molecule has 0 bridgehead atoms. The van der Waals surface area contributed by atoms with Crippen molar-refractivity contribution in [1.82, 2.24) is 19.6 Å². The Labute approximate surface area is 135 Å². The first-order valence-electron chi connectivity index (χ1n) is 6.59. The topological polar surface area (TPSA) is 73.3 Å². The van der Waals surface area contributed by atoms with Gasteiger partial charge in [0.15, 0.2) is 0 Å². The molecule has 3 aromatic heterocycles. The smallest absolute Gasteiger partial charge is 0.276 e. The van der Waals surface area contributed by atoms with Crippen molar-refractivity contribution in [2.24, 2.45) is 0 Å². The molecule has 0 aliphatic rings.